The minimum Gasteiger partial charge on any atom is -0.468 e. The van der Waals surface area contributed by atoms with Gasteiger partial charge >= 0.3 is 5.97 Å². The molecule has 0 unspecified atom stereocenters. The highest BCUT2D eigenvalue weighted by Gasteiger charge is 2.16. The van der Waals surface area contributed by atoms with Crippen molar-refractivity contribution >= 4 is 17.4 Å². The predicted octanol–water partition coefficient (Wildman–Crippen LogP) is 0.514. The Morgan fingerprint density at radius 1 is 1.56 bits per heavy atom. The Bertz CT molecular complexity index is 539. The van der Waals surface area contributed by atoms with Crippen LogP contribution in [0.1, 0.15) is 13.3 Å². The Morgan fingerprint density at radius 2 is 2.39 bits per heavy atom. The van der Waals surface area contributed by atoms with Crippen molar-refractivity contribution in [3.05, 3.63) is 18.7 Å². The Morgan fingerprint density at radius 3 is 3.11 bits per heavy atom. The van der Waals surface area contributed by atoms with Crippen LogP contribution in [0, 0.1) is 0 Å². The van der Waals surface area contributed by atoms with Gasteiger partial charge in [-0.25, -0.2) is 4.98 Å². The van der Waals surface area contributed by atoms with Crippen LogP contribution in [0.2, 0.25) is 0 Å². The molecule has 0 aliphatic heterocycles. The van der Waals surface area contributed by atoms with Crippen LogP contribution in [0.3, 0.4) is 0 Å². The lowest BCUT2D eigenvalue weighted by Gasteiger charge is -2.21. The minimum absolute atomic E-state index is 0.157. The van der Waals surface area contributed by atoms with Crippen molar-refractivity contribution in [2.45, 2.75) is 13.3 Å². The zero-order chi connectivity index (χ0) is 13.0. The van der Waals surface area contributed by atoms with Crippen LogP contribution in [0.4, 0.5) is 5.82 Å². The Hall–Kier alpha value is -2.18. The number of nitrogens with zero attached hydrogens (tertiary/aromatic N) is 5. The Labute approximate surface area is 104 Å². The predicted molar refractivity (Wildman–Crippen MR) is 65.3 cm³/mol. The molecule has 0 N–H and O–H groups in total. The number of fused-ring (bicyclic) bond motifs is 1. The van der Waals surface area contributed by atoms with E-state index in [1.165, 1.54) is 7.11 Å². The summed E-state index contributed by atoms with van der Waals surface area (Å²) in [5, 5.41) is 7.85. The van der Waals surface area contributed by atoms with Crippen molar-refractivity contribution in [3.63, 3.8) is 0 Å². The molecule has 0 amide bonds. The van der Waals surface area contributed by atoms with Crippen molar-refractivity contribution in [3.8, 4) is 0 Å². The number of ether oxygens (including phenoxy) is 1. The molecule has 2 aromatic heterocycles. The van der Waals surface area contributed by atoms with E-state index in [0.29, 0.717) is 18.0 Å². The first-order chi connectivity index (χ1) is 8.76. The lowest BCUT2D eigenvalue weighted by atomic mass is 10.4. The van der Waals surface area contributed by atoms with Crippen LogP contribution in [0.5, 0.6) is 0 Å². The second-order valence-corrected chi connectivity index (χ2v) is 3.81. The number of hydrogen-bond donors (Lipinski definition) is 0. The van der Waals surface area contributed by atoms with Crippen molar-refractivity contribution < 1.29 is 9.53 Å². The standard InChI is InChI=1S/C11H15N5O2/c1-3-5-15(7-9(17)18-2)10-11-14-13-8-16(11)6-4-12-10/h4,6,8H,3,5,7H2,1-2H3. The molecule has 0 aromatic carbocycles. The highest BCUT2D eigenvalue weighted by Crippen LogP contribution is 2.16. The maximum atomic E-state index is 11.4. The summed E-state index contributed by atoms with van der Waals surface area (Å²) in [5.41, 5.74) is 0.634. The summed E-state index contributed by atoms with van der Waals surface area (Å²) in [4.78, 5) is 17.5. The lowest BCUT2D eigenvalue weighted by Crippen LogP contribution is -2.32. The summed E-state index contributed by atoms with van der Waals surface area (Å²) in [7, 11) is 1.37. The van der Waals surface area contributed by atoms with Gasteiger partial charge in [0, 0.05) is 18.9 Å². The van der Waals surface area contributed by atoms with Crippen LogP contribution in [-0.2, 0) is 9.53 Å². The maximum Gasteiger partial charge on any atom is 0.325 e. The van der Waals surface area contributed by atoms with E-state index in [1.54, 1.807) is 23.1 Å². The van der Waals surface area contributed by atoms with Gasteiger partial charge in [0.1, 0.15) is 12.9 Å². The average molecular weight is 249 g/mol. The number of methoxy groups -OCH3 is 1. The molecule has 0 bridgehead atoms. The highest BCUT2D eigenvalue weighted by atomic mass is 16.5. The van der Waals surface area contributed by atoms with Crippen LogP contribution in [0.15, 0.2) is 18.7 Å². The summed E-state index contributed by atoms with van der Waals surface area (Å²) < 4.78 is 6.46. The van der Waals surface area contributed by atoms with Gasteiger partial charge in [-0.3, -0.25) is 9.20 Å². The third-order valence-electron chi connectivity index (χ3n) is 2.54. The van der Waals surface area contributed by atoms with Gasteiger partial charge in [0.15, 0.2) is 5.82 Å². The largest absolute Gasteiger partial charge is 0.468 e. The number of aromatic nitrogens is 4. The summed E-state index contributed by atoms with van der Waals surface area (Å²) in [6.07, 6.45) is 5.92. The van der Waals surface area contributed by atoms with Gasteiger partial charge < -0.3 is 9.64 Å². The zero-order valence-corrected chi connectivity index (χ0v) is 10.4. The SMILES string of the molecule is CCCN(CC(=O)OC)c1nccn2cnnc12. The molecular formula is C11H15N5O2. The van der Waals surface area contributed by atoms with E-state index >= 15 is 0 Å². The molecule has 0 aliphatic rings. The van der Waals surface area contributed by atoms with Crippen LogP contribution >= 0.6 is 0 Å². The van der Waals surface area contributed by atoms with Crippen molar-refractivity contribution in [2.24, 2.45) is 0 Å². The molecule has 0 saturated carbocycles. The fourth-order valence-corrected chi connectivity index (χ4v) is 1.72. The molecule has 0 spiro atoms. The molecule has 0 radical (unpaired) electrons. The molecule has 2 aromatic rings. The third-order valence-corrected chi connectivity index (χ3v) is 2.54. The fraction of sp³-hybridized carbons (Fsp3) is 0.455. The molecular weight excluding hydrogens is 234 g/mol. The Kier molecular flexibility index (Phi) is 3.71. The quantitative estimate of drug-likeness (QED) is 0.719. The monoisotopic (exact) mass is 249 g/mol. The smallest absolute Gasteiger partial charge is 0.325 e. The van der Waals surface area contributed by atoms with Crippen molar-refractivity contribution in [1.29, 1.82) is 0 Å². The first-order valence-corrected chi connectivity index (χ1v) is 5.72. The van der Waals surface area contributed by atoms with E-state index in [4.69, 9.17) is 4.74 Å². The molecule has 0 saturated heterocycles. The summed E-state index contributed by atoms with van der Waals surface area (Å²) >= 11 is 0. The highest BCUT2D eigenvalue weighted by molar-refractivity contribution is 5.77. The zero-order valence-electron chi connectivity index (χ0n) is 10.4. The molecule has 7 nitrogen and oxygen atoms in total. The van der Waals surface area contributed by atoms with Crippen LogP contribution in [0.25, 0.3) is 5.65 Å². The van der Waals surface area contributed by atoms with Gasteiger partial charge in [0.2, 0.25) is 5.65 Å². The van der Waals surface area contributed by atoms with Gasteiger partial charge in [-0.15, -0.1) is 10.2 Å². The second kappa shape index (κ2) is 5.44. The van der Waals surface area contributed by atoms with Gasteiger partial charge in [-0.05, 0) is 6.42 Å². The van der Waals surface area contributed by atoms with Crippen LogP contribution < -0.4 is 4.90 Å². The minimum atomic E-state index is -0.299. The fourth-order valence-electron chi connectivity index (χ4n) is 1.72. The first-order valence-electron chi connectivity index (χ1n) is 5.72. The third kappa shape index (κ3) is 2.39. The molecule has 96 valence electrons. The average Bonchev–Trinajstić information content (AvgIpc) is 2.86. The van der Waals surface area contributed by atoms with E-state index in [0.717, 1.165) is 6.42 Å². The normalized spacial score (nSPS) is 10.6. The summed E-state index contributed by atoms with van der Waals surface area (Å²) in [5.74, 6) is 0.342. The van der Waals surface area contributed by atoms with Gasteiger partial charge in [0.25, 0.3) is 0 Å². The number of rotatable bonds is 5. The number of hydrogen-bond acceptors (Lipinski definition) is 6. The van der Waals surface area contributed by atoms with E-state index in [-0.39, 0.29) is 12.5 Å². The molecule has 18 heavy (non-hydrogen) atoms. The van der Waals surface area contributed by atoms with Gasteiger partial charge in [-0.1, -0.05) is 6.92 Å². The molecule has 0 atom stereocenters. The number of anilines is 1. The van der Waals surface area contributed by atoms with Crippen molar-refractivity contribution in [2.75, 3.05) is 25.1 Å². The van der Waals surface area contributed by atoms with Crippen LogP contribution in [-0.4, -0.2) is 45.8 Å². The van der Waals surface area contributed by atoms with E-state index < -0.39 is 0 Å². The first kappa shape index (κ1) is 12.3. The van der Waals surface area contributed by atoms with Gasteiger partial charge in [-0.2, -0.15) is 0 Å². The summed E-state index contributed by atoms with van der Waals surface area (Å²) in [6, 6.07) is 0. The van der Waals surface area contributed by atoms with Crippen molar-refractivity contribution in [1.82, 2.24) is 19.6 Å². The van der Waals surface area contributed by atoms with Gasteiger partial charge in [0.05, 0.1) is 7.11 Å². The summed E-state index contributed by atoms with van der Waals surface area (Å²) in [6.45, 7) is 2.90. The lowest BCUT2D eigenvalue weighted by molar-refractivity contribution is -0.138. The van der Waals surface area contributed by atoms with E-state index in [9.17, 15) is 4.79 Å². The Balaban J connectivity index is 2.34. The van der Waals surface area contributed by atoms with E-state index in [1.807, 2.05) is 11.8 Å². The number of esters is 1. The molecule has 0 aliphatic carbocycles. The molecule has 0 fully saturated rings. The molecule has 2 heterocycles. The topological polar surface area (TPSA) is 72.6 Å². The number of carbonyl (C=O) groups is 1. The maximum absolute atomic E-state index is 11.4. The molecule has 7 heteroatoms. The molecule has 2 rings (SSSR count). The second-order valence-electron chi connectivity index (χ2n) is 3.81. The van der Waals surface area contributed by atoms with E-state index in [2.05, 4.69) is 15.2 Å². The number of carbonyl (C=O) groups excluding carboxylic acids is 1.